The van der Waals surface area contributed by atoms with E-state index in [1.807, 2.05) is 19.1 Å². The van der Waals surface area contributed by atoms with Gasteiger partial charge in [-0.3, -0.25) is 4.98 Å². The highest BCUT2D eigenvalue weighted by molar-refractivity contribution is 7.89. The largest absolute Gasteiger partial charge is 0.497 e. The second-order valence-electron chi connectivity index (χ2n) is 6.97. The van der Waals surface area contributed by atoms with Crippen LogP contribution in [0.5, 0.6) is 5.75 Å². The Labute approximate surface area is 171 Å². The van der Waals surface area contributed by atoms with E-state index >= 15 is 0 Å². The van der Waals surface area contributed by atoms with E-state index in [1.54, 1.807) is 36.7 Å². The number of hydrogen-bond donors (Lipinski definition) is 2. The minimum Gasteiger partial charge on any atom is -0.497 e. The Morgan fingerprint density at radius 3 is 2.34 bits per heavy atom. The summed E-state index contributed by atoms with van der Waals surface area (Å²) >= 11 is 0. The highest BCUT2D eigenvalue weighted by atomic mass is 32.2. The quantitative estimate of drug-likeness (QED) is 0.750. The third-order valence-corrected chi connectivity index (χ3v) is 6.95. The summed E-state index contributed by atoms with van der Waals surface area (Å²) in [7, 11) is -2.01. The zero-order valence-electron chi connectivity index (χ0n) is 16.5. The van der Waals surface area contributed by atoms with Gasteiger partial charge >= 0.3 is 6.03 Å². The van der Waals surface area contributed by atoms with Gasteiger partial charge < -0.3 is 15.4 Å². The molecule has 1 aliphatic heterocycles. The first kappa shape index (κ1) is 21.1. The molecule has 0 radical (unpaired) electrons. The van der Waals surface area contributed by atoms with Crippen molar-refractivity contribution < 1.29 is 17.9 Å². The summed E-state index contributed by atoms with van der Waals surface area (Å²) in [6, 6.07) is 9.60. The maximum Gasteiger partial charge on any atom is 0.315 e. The fourth-order valence-corrected chi connectivity index (χ4v) is 4.77. The van der Waals surface area contributed by atoms with Crippen molar-refractivity contribution in [3.8, 4) is 5.75 Å². The molecule has 0 bridgehead atoms. The molecule has 0 spiro atoms. The van der Waals surface area contributed by atoms with Gasteiger partial charge in [0.05, 0.1) is 18.0 Å². The van der Waals surface area contributed by atoms with E-state index in [0.29, 0.717) is 31.7 Å². The lowest BCUT2D eigenvalue weighted by molar-refractivity contribution is 0.225. The molecule has 2 heterocycles. The number of methoxy groups -OCH3 is 1. The number of benzene rings is 1. The number of rotatable bonds is 6. The van der Waals surface area contributed by atoms with E-state index in [1.165, 1.54) is 11.4 Å². The maximum atomic E-state index is 12.8. The second kappa shape index (κ2) is 9.23. The molecule has 2 amide bonds. The van der Waals surface area contributed by atoms with Gasteiger partial charge in [0.2, 0.25) is 10.0 Å². The Kier molecular flexibility index (Phi) is 6.71. The van der Waals surface area contributed by atoms with Crippen molar-refractivity contribution in [1.29, 1.82) is 0 Å². The van der Waals surface area contributed by atoms with Crippen molar-refractivity contribution in [3.05, 3.63) is 54.4 Å². The van der Waals surface area contributed by atoms with E-state index in [2.05, 4.69) is 15.6 Å². The highest BCUT2D eigenvalue weighted by Gasteiger charge is 2.30. The van der Waals surface area contributed by atoms with Crippen LogP contribution in [0.1, 0.15) is 31.4 Å². The number of nitrogens with zero attached hydrogens (tertiary/aromatic N) is 2. The van der Waals surface area contributed by atoms with Crippen LogP contribution in [0.25, 0.3) is 0 Å². The molecule has 0 aliphatic carbocycles. The molecule has 9 heteroatoms. The molecule has 1 aromatic heterocycles. The number of pyridine rings is 1. The number of sulfonamides is 1. The molecule has 1 aromatic carbocycles. The lowest BCUT2D eigenvalue weighted by Crippen LogP contribution is -2.49. The number of carbonyl (C=O) groups excluding carboxylic acids is 1. The van der Waals surface area contributed by atoms with Crippen LogP contribution in [0, 0.1) is 0 Å². The molecular weight excluding hydrogens is 392 g/mol. The molecule has 3 rings (SSSR count). The van der Waals surface area contributed by atoms with Gasteiger partial charge in [-0.05, 0) is 61.7 Å². The average Bonchev–Trinajstić information content (AvgIpc) is 2.74. The molecule has 1 fully saturated rings. The summed E-state index contributed by atoms with van der Waals surface area (Å²) in [5.41, 5.74) is 0.968. The van der Waals surface area contributed by atoms with E-state index in [9.17, 15) is 13.2 Å². The first-order valence-corrected chi connectivity index (χ1v) is 11.0. The number of urea groups is 1. The van der Waals surface area contributed by atoms with E-state index in [0.717, 1.165) is 5.56 Å². The van der Waals surface area contributed by atoms with E-state index < -0.39 is 10.0 Å². The van der Waals surface area contributed by atoms with Crippen molar-refractivity contribution in [2.75, 3.05) is 20.2 Å². The monoisotopic (exact) mass is 418 g/mol. The van der Waals surface area contributed by atoms with Crippen LogP contribution >= 0.6 is 0 Å². The number of hydrogen-bond acceptors (Lipinski definition) is 5. The molecule has 1 aliphatic rings. The normalized spacial score (nSPS) is 16.8. The predicted molar refractivity (Wildman–Crippen MR) is 109 cm³/mol. The molecule has 0 saturated carbocycles. The van der Waals surface area contributed by atoms with Gasteiger partial charge in [-0.2, -0.15) is 4.31 Å². The van der Waals surface area contributed by atoms with Crippen LogP contribution in [0.3, 0.4) is 0 Å². The molecule has 8 nitrogen and oxygen atoms in total. The Morgan fingerprint density at radius 1 is 1.14 bits per heavy atom. The number of amides is 2. The van der Waals surface area contributed by atoms with E-state index in [4.69, 9.17) is 4.74 Å². The first-order valence-electron chi connectivity index (χ1n) is 9.51. The van der Waals surface area contributed by atoms with Gasteiger partial charge in [-0.1, -0.05) is 0 Å². The predicted octanol–water partition coefficient (Wildman–Crippen LogP) is 2.30. The lowest BCUT2D eigenvalue weighted by Gasteiger charge is -2.32. The number of piperidine rings is 1. The van der Waals surface area contributed by atoms with Crippen molar-refractivity contribution in [2.45, 2.75) is 36.7 Å². The van der Waals surface area contributed by atoms with Crippen LogP contribution in [-0.4, -0.2) is 50.0 Å². The first-order chi connectivity index (χ1) is 13.9. The molecule has 29 heavy (non-hydrogen) atoms. The number of carbonyl (C=O) groups is 1. The molecular formula is C20H26N4O4S. The highest BCUT2D eigenvalue weighted by Crippen LogP contribution is 2.23. The Morgan fingerprint density at radius 2 is 1.76 bits per heavy atom. The van der Waals surface area contributed by atoms with Crippen LogP contribution in [0.15, 0.2) is 53.7 Å². The molecule has 156 valence electrons. The van der Waals surface area contributed by atoms with Crippen molar-refractivity contribution in [2.24, 2.45) is 0 Å². The van der Waals surface area contributed by atoms with Gasteiger partial charge in [0, 0.05) is 31.5 Å². The molecule has 2 N–H and O–H groups in total. The topological polar surface area (TPSA) is 101 Å². The number of nitrogens with one attached hydrogen (secondary N) is 2. The van der Waals surface area contributed by atoms with Crippen molar-refractivity contribution >= 4 is 16.1 Å². The fourth-order valence-electron chi connectivity index (χ4n) is 3.30. The minimum atomic E-state index is -3.55. The molecule has 1 unspecified atom stereocenters. The van der Waals surface area contributed by atoms with Crippen molar-refractivity contribution in [1.82, 2.24) is 19.9 Å². The summed E-state index contributed by atoms with van der Waals surface area (Å²) in [6.07, 6.45) is 4.49. The Bertz CT molecular complexity index is 911. The van der Waals surface area contributed by atoms with Crippen LogP contribution in [-0.2, 0) is 10.0 Å². The van der Waals surface area contributed by atoms with Crippen LogP contribution < -0.4 is 15.4 Å². The smallest absolute Gasteiger partial charge is 0.315 e. The summed E-state index contributed by atoms with van der Waals surface area (Å²) in [6.45, 7) is 2.62. The third kappa shape index (κ3) is 5.24. The summed E-state index contributed by atoms with van der Waals surface area (Å²) < 4.78 is 32.1. The lowest BCUT2D eigenvalue weighted by atomic mass is 10.1. The van der Waals surface area contributed by atoms with Crippen LogP contribution in [0.2, 0.25) is 0 Å². The zero-order chi connectivity index (χ0) is 20.9. The standard InChI is InChI=1S/C20H26N4O4S/c1-15(16-7-11-21-12-8-16)22-20(25)23-17-9-13-24(14-10-17)29(26,27)19-5-3-18(28-2)4-6-19/h3-8,11-12,15,17H,9-10,13-14H2,1-2H3,(H2,22,23,25). The number of ether oxygens (including phenoxy) is 1. The number of aromatic nitrogens is 1. The van der Waals surface area contributed by atoms with Gasteiger partial charge in [-0.15, -0.1) is 0 Å². The van der Waals surface area contributed by atoms with Gasteiger partial charge in [0.15, 0.2) is 0 Å². The Hall–Kier alpha value is -2.65. The third-order valence-electron chi connectivity index (χ3n) is 5.04. The van der Waals surface area contributed by atoms with Crippen LogP contribution in [0.4, 0.5) is 4.79 Å². The zero-order valence-corrected chi connectivity index (χ0v) is 17.4. The summed E-state index contributed by atoms with van der Waals surface area (Å²) in [5, 5.41) is 5.84. The molecule has 2 aromatic rings. The van der Waals surface area contributed by atoms with Gasteiger partial charge in [-0.25, -0.2) is 13.2 Å². The van der Waals surface area contributed by atoms with Crippen molar-refractivity contribution in [3.63, 3.8) is 0 Å². The maximum absolute atomic E-state index is 12.8. The summed E-state index contributed by atoms with van der Waals surface area (Å²) in [5.74, 6) is 0.610. The van der Waals surface area contributed by atoms with E-state index in [-0.39, 0.29) is 23.0 Å². The van der Waals surface area contributed by atoms with Gasteiger partial charge in [0.25, 0.3) is 0 Å². The molecule has 1 saturated heterocycles. The fraction of sp³-hybridized carbons (Fsp3) is 0.400. The SMILES string of the molecule is COc1ccc(S(=O)(=O)N2CCC(NC(=O)NC(C)c3ccncc3)CC2)cc1. The average molecular weight is 419 g/mol. The minimum absolute atomic E-state index is 0.0676. The second-order valence-corrected chi connectivity index (χ2v) is 8.91. The Balaban J connectivity index is 1.51. The van der Waals surface area contributed by atoms with Gasteiger partial charge in [0.1, 0.15) is 5.75 Å². The molecule has 1 atom stereocenters. The summed E-state index contributed by atoms with van der Waals surface area (Å²) in [4.78, 5) is 16.5.